The number of fused-ring (bicyclic) bond motifs is 1. The number of aromatic nitrogens is 3. The fourth-order valence-electron chi connectivity index (χ4n) is 4.75. The summed E-state index contributed by atoms with van der Waals surface area (Å²) in [5, 5.41) is 24.4. The van der Waals surface area contributed by atoms with Crippen molar-refractivity contribution >= 4 is 18.0 Å². The molecule has 2 heterocycles. The number of ether oxygens (including phenoxy) is 2. The van der Waals surface area contributed by atoms with Gasteiger partial charge in [-0.05, 0) is 29.5 Å². The summed E-state index contributed by atoms with van der Waals surface area (Å²) in [6.07, 6.45) is 2.34. The molecule has 3 aromatic rings. The molecule has 1 fully saturated rings. The largest absolute Gasteiger partial charge is 0.388 e. The normalized spacial score (nSPS) is 23.8. The maximum Gasteiger partial charge on any atom is 0.227 e. The van der Waals surface area contributed by atoms with Crippen LogP contribution in [0.2, 0.25) is 0 Å². The Balaban J connectivity index is 1.14. The van der Waals surface area contributed by atoms with E-state index in [1.54, 1.807) is 0 Å². The topological polar surface area (TPSA) is 136 Å². The highest BCUT2D eigenvalue weighted by Gasteiger charge is 2.43. The lowest BCUT2D eigenvalue weighted by molar-refractivity contribution is -0.0392. The van der Waals surface area contributed by atoms with Gasteiger partial charge in [0.25, 0.3) is 0 Å². The van der Waals surface area contributed by atoms with Crippen molar-refractivity contribution in [2.75, 3.05) is 24.3 Å². The third-order valence-corrected chi connectivity index (χ3v) is 6.53. The summed E-state index contributed by atoms with van der Waals surface area (Å²) in [4.78, 5) is 12.9. The molecule has 1 aromatic heterocycles. The molecule has 5 rings (SSSR count). The standard InChI is InChI=1S/C27H31N5O4/c28-26-30-23(31-27(32-26)29-20-13-18-10-4-5-11-19(18)14-20)15-21-24(33)25(34)22(36-21)16-35-12-6-9-17-7-2-1-3-8-17/h1-11,20-22,24-25,33-34H,12-16H2,(H3,28,29,30,31,32)/b9-6+/t21-,22+,24-,25+/m0/s1. The second-order valence-corrected chi connectivity index (χ2v) is 9.20. The monoisotopic (exact) mass is 489 g/mol. The summed E-state index contributed by atoms with van der Waals surface area (Å²) >= 11 is 0. The molecule has 9 heteroatoms. The summed E-state index contributed by atoms with van der Waals surface area (Å²) in [5.41, 5.74) is 9.65. The third-order valence-electron chi connectivity index (χ3n) is 6.53. The molecule has 4 atom stereocenters. The van der Waals surface area contributed by atoms with Crippen LogP contribution in [0.1, 0.15) is 22.5 Å². The number of aliphatic hydroxyl groups excluding tert-OH is 2. The van der Waals surface area contributed by atoms with Crippen LogP contribution in [-0.4, -0.2) is 68.8 Å². The Morgan fingerprint density at radius 1 is 0.944 bits per heavy atom. The Morgan fingerprint density at radius 3 is 2.39 bits per heavy atom. The lowest BCUT2D eigenvalue weighted by Gasteiger charge is -2.16. The van der Waals surface area contributed by atoms with Crippen LogP contribution >= 0.6 is 0 Å². The molecule has 1 aliphatic heterocycles. The molecule has 0 saturated carbocycles. The molecular weight excluding hydrogens is 458 g/mol. The number of rotatable bonds is 9. The van der Waals surface area contributed by atoms with E-state index >= 15 is 0 Å². The zero-order chi connectivity index (χ0) is 24.9. The Hall–Kier alpha value is -3.37. The van der Waals surface area contributed by atoms with Gasteiger partial charge >= 0.3 is 0 Å². The maximum absolute atomic E-state index is 10.5. The molecule has 1 saturated heterocycles. The number of anilines is 2. The van der Waals surface area contributed by atoms with Crippen LogP contribution in [-0.2, 0) is 28.7 Å². The van der Waals surface area contributed by atoms with Gasteiger partial charge in [0.15, 0.2) is 0 Å². The van der Waals surface area contributed by atoms with E-state index in [-0.39, 0.29) is 25.0 Å². The lowest BCUT2D eigenvalue weighted by Crippen LogP contribution is -2.35. The van der Waals surface area contributed by atoms with Crippen LogP contribution in [0.3, 0.4) is 0 Å². The maximum atomic E-state index is 10.5. The average molecular weight is 490 g/mol. The minimum Gasteiger partial charge on any atom is -0.388 e. The van der Waals surface area contributed by atoms with E-state index in [0.717, 1.165) is 18.4 Å². The minimum absolute atomic E-state index is 0.0936. The van der Waals surface area contributed by atoms with Gasteiger partial charge in [-0.25, -0.2) is 0 Å². The van der Waals surface area contributed by atoms with Crippen molar-refractivity contribution in [1.29, 1.82) is 0 Å². The zero-order valence-electron chi connectivity index (χ0n) is 19.9. The first-order valence-corrected chi connectivity index (χ1v) is 12.2. The number of nitrogens with one attached hydrogen (secondary N) is 1. The quantitative estimate of drug-likeness (QED) is 0.332. The van der Waals surface area contributed by atoms with Crippen LogP contribution < -0.4 is 11.1 Å². The van der Waals surface area contributed by atoms with Crippen molar-refractivity contribution in [1.82, 2.24) is 15.0 Å². The first-order valence-electron chi connectivity index (χ1n) is 12.2. The lowest BCUT2D eigenvalue weighted by atomic mass is 10.1. The highest BCUT2D eigenvalue weighted by atomic mass is 16.6. The van der Waals surface area contributed by atoms with Gasteiger partial charge in [0.05, 0.1) is 19.3 Å². The van der Waals surface area contributed by atoms with Crippen molar-refractivity contribution in [3.63, 3.8) is 0 Å². The van der Waals surface area contributed by atoms with Gasteiger partial charge in [-0.3, -0.25) is 0 Å². The number of hydrogen-bond donors (Lipinski definition) is 4. The fraction of sp³-hybridized carbons (Fsp3) is 0.370. The first-order chi connectivity index (χ1) is 17.5. The van der Waals surface area contributed by atoms with Crippen LogP contribution in [0.25, 0.3) is 6.08 Å². The molecule has 2 aliphatic rings. The van der Waals surface area contributed by atoms with E-state index in [1.165, 1.54) is 11.1 Å². The van der Waals surface area contributed by atoms with E-state index in [0.29, 0.717) is 18.4 Å². The van der Waals surface area contributed by atoms with Crippen molar-refractivity contribution < 1.29 is 19.7 Å². The van der Waals surface area contributed by atoms with E-state index in [9.17, 15) is 10.2 Å². The van der Waals surface area contributed by atoms with Crippen molar-refractivity contribution in [3.8, 4) is 0 Å². The first kappa shape index (κ1) is 24.3. The summed E-state index contributed by atoms with van der Waals surface area (Å²) in [6.45, 7) is 0.522. The van der Waals surface area contributed by atoms with Gasteiger partial charge in [-0.2, -0.15) is 15.0 Å². The van der Waals surface area contributed by atoms with Crippen molar-refractivity contribution in [2.45, 2.75) is 49.7 Å². The minimum atomic E-state index is -1.09. The Labute approximate surface area is 210 Å². The van der Waals surface area contributed by atoms with E-state index in [4.69, 9.17) is 15.2 Å². The van der Waals surface area contributed by atoms with Crippen LogP contribution in [0.5, 0.6) is 0 Å². The molecule has 2 aromatic carbocycles. The number of aliphatic hydroxyl groups is 2. The Bertz CT molecular complexity index is 1170. The molecule has 0 bridgehead atoms. The van der Waals surface area contributed by atoms with Gasteiger partial charge in [-0.15, -0.1) is 0 Å². The smallest absolute Gasteiger partial charge is 0.227 e. The molecule has 36 heavy (non-hydrogen) atoms. The number of nitrogens with zero attached hydrogens (tertiary/aromatic N) is 3. The number of hydrogen-bond acceptors (Lipinski definition) is 9. The fourth-order valence-corrected chi connectivity index (χ4v) is 4.75. The van der Waals surface area contributed by atoms with Crippen LogP contribution in [0.4, 0.5) is 11.9 Å². The number of nitrogens with two attached hydrogens (primary N) is 1. The van der Waals surface area contributed by atoms with Gasteiger partial charge in [0.2, 0.25) is 11.9 Å². The van der Waals surface area contributed by atoms with E-state index in [2.05, 4.69) is 32.4 Å². The average Bonchev–Trinajstić information content (AvgIpc) is 3.39. The highest BCUT2D eigenvalue weighted by molar-refractivity contribution is 5.48. The predicted octanol–water partition coefficient (Wildman–Crippen LogP) is 1.79. The molecule has 5 N–H and O–H groups in total. The molecule has 9 nitrogen and oxygen atoms in total. The SMILES string of the molecule is Nc1nc(C[C@@H]2O[C@H](COC/C=C/c3ccccc3)[C@@H](O)[C@H]2O)nc(NC2Cc3ccccc3C2)n1. The summed E-state index contributed by atoms with van der Waals surface area (Å²) in [7, 11) is 0. The Kier molecular flexibility index (Phi) is 7.52. The van der Waals surface area contributed by atoms with E-state index < -0.39 is 24.4 Å². The predicted molar refractivity (Wildman–Crippen MR) is 136 cm³/mol. The zero-order valence-corrected chi connectivity index (χ0v) is 19.9. The summed E-state index contributed by atoms with van der Waals surface area (Å²) < 4.78 is 11.5. The van der Waals surface area contributed by atoms with E-state index in [1.807, 2.05) is 54.6 Å². The second kappa shape index (κ2) is 11.1. The summed E-state index contributed by atoms with van der Waals surface area (Å²) in [5.74, 6) is 0.883. The molecule has 188 valence electrons. The van der Waals surface area contributed by atoms with Gasteiger partial charge < -0.3 is 30.7 Å². The summed E-state index contributed by atoms with van der Waals surface area (Å²) in [6, 6.07) is 18.4. The number of benzene rings is 2. The second-order valence-electron chi connectivity index (χ2n) is 9.20. The highest BCUT2D eigenvalue weighted by Crippen LogP contribution is 2.26. The van der Waals surface area contributed by atoms with Gasteiger partial charge in [-0.1, -0.05) is 66.7 Å². The van der Waals surface area contributed by atoms with Gasteiger partial charge in [0.1, 0.15) is 24.1 Å². The third kappa shape index (κ3) is 5.88. The van der Waals surface area contributed by atoms with Gasteiger partial charge in [0, 0.05) is 12.5 Å². The van der Waals surface area contributed by atoms with Crippen LogP contribution in [0, 0.1) is 0 Å². The Morgan fingerprint density at radius 2 is 1.64 bits per heavy atom. The molecule has 0 radical (unpaired) electrons. The number of nitrogen functional groups attached to an aromatic ring is 1. The molecular formula is C27H31N5O4. The molecule has 1 aliphatic carbocycles. The van der Waals surface area contributed by atoms with Crippen molar-refractivity contribution in [2.24, 2.45) is 0 Å². The van der Waals surface area contributed by atoms with Crippen LogP contribution in [0.15, 0.2) is 60.7 Å². The molecule has 0 amide bonds. The molecule has 0 unspecified atom stereocenters. The van der Waals surface area contributed by atoms with Crippen molar-refractivity contribution in [3.05, 3.63) is 83.2 Å². The molecule has 0 spiro atoms.